The number of halogens is 2. The van der Waals surface area contributed by atoms with Crippen molar-refractivity contribution < 1.29 is 13.6 Å². The van der Waals surface area contributed by atoms with Crippen molar-refractivity contribution in [2.24, 2.45) is 0 Å². The van der Waals surface area contributed by atoms with E-state index in [2.05, 4.69) is 9.97 Å². The lowest BCUT2D eigenvalue weighted by Gasteiger charge is -2.31. The van der Waals surface area contributed by atoms with Crippen LogP contribution in [0, 0.1) is 0 Å². The van der Waals surface area contributed by atoms with Gasteiger partial charge in [0.15, 0.2) is 0 Å². The first-order valence-corrected chi connectivity index (χ1v) is 9.81. The number of aromatic amines is 2. The molecule has 0 bridgehead atoms. The predicted molar refractivity (Wildman–Crippen MR) is 112 cm³/mol. The topological polar surface area (TPSA) is 69.0 Å². The lowest BCUT2D eigenvalue weighted by atomic mass is 10.0. The van der Waals surface area contributed by atoms with Crippen molar-refractivity contribution in [1.82, 2.24) is 14.9 Å². The highest BCUT2D eigenvalue weighted by atomic mass is 19.3. The second-order valence-corrected chi connectivity index (χ2v) is 7.72. The Morgan fingerprint density at radius 1 is 0.967 bits per heavy atom. The fourth-order valence-electron chi connectivity index (χ4n) is 4.08. The van der Waals surface area contributed by atoms with Crippen LogP contribution in [0.25, 0.3) is 32.8 Å². The molecule has 0 unspecified atom stereocenters. The van der Waals surface area contributed by atoms with E-state index in [0.717, 1.165) is 27.4 Å². The van der Waals surface area contributed by atoms with Gasteiger partial charge in [0.05, 0.1) is 0 Å². The summed E-state index contributed by atoms with van der Waals surface area (Å²) in [6, 6.07) is 12.9. The molecular formula is C23H19F2N3O2. The Bertz CT molecular complexity index is 1330. The Balaban J connectivity index is 1.47. The molecule has 2 N–H and O–H groups in total. The number of fused-ring (bicyclic) bond motifs is 2. The lowest BCUT2D eigenvalue weighted by molar-refractivity contribution is -0.0494. The Kier molecular flexibility index (Phi) is 4.20. The second-order valence-electron chi connectivity index (χ2n) is 7.72. The molecule has 152 valence electrons. The number of nitrogens with one attached hydrogen (secondary N) is 2. The van der Waals surface area contributed by atoms with Gasteiger partial charge in [-0.25, -0.2) is 8.78 Å². The van der Waals surface area contributed by atoms with Gasteiger partial charge in [0, 0.05) is 65.7 Å². The summed E-state index contributed by atoms with van der Waals surface area (Å²) in [5.41, 5.74) is 3.06. The molecule has 1 saturated heterocycles. The van der Waals surface area contributed by atoms with Crippen LogP contribution in [0.1, 0.15) is 23.2 Å². The van der Waals surface area contributed by atoms with Crippen LogP contribution >= 0.6 is 0 Å². The standard InChI is InChI=1S/C23H19F2N3O2/c24-23(25)6-9-28(10-7-23)22(30)16-2-4-18-19(13-27-20(18)12-16)14-1-3-17-15(11-14)5-8-26-21(17)29/h1-5,8,11-13,27H,6-7,9-10H2,(H,26,29). The quantitative estimate of drug-likeness (QED) is 0.512. The average molecular weight is 407 g/mol. The molecule has 0 radical (unpaired) electrons. The summed E-state index contributed by atoms with van der Waals surface area (Å²) in [6.45, 7) is 0.131. The fraction of sp³-hybridized carbons (Fsp3) is 0.217. The zero-order valence-corrected chi connectivity index (χ0v) is 16.0. The third-order valence-electron chi connectivity index (χ3n) is 5.80. The van der Waals surface area contributed by atoms with Gasteiger partial charge in [0.2, 0.25) is 0 Å². The van der Waals surface area contributed by atoms with Crippen molar-refractivity contribution in [2.45, 2.75) is 18.8 Å². The van der Waals surface area contributed by atoms with E-state index in [1.54, 1.807) is 24.4 Å². The number of H-pyrrole nitrogens is 2. The Morgan fingerprint density at radius 3 is 2.53 bits per heavy atom. The summed E-state index contributed by atoms with van der Waals surface area (Å²) in [7, 11) is 0. The highest BCUT2D eigenvalue weighted by Gasteiger charge is 2.35. The number of likely N-dealkylation sites (tertiary alicyclic amines) is 1. The van der Waals surface area contributed by atoms with Crippen LogP contribution < -0.4 is 5.56 Å². The number of alkyl halides is 2. The molecule has 2 aromatic carbocycles. The lowest BCUT2D eigenvalue weighted by Crippen LogP contribution is -2.42. The summed E-state index contributed by atoms with van der Waals surface area (Å²) < 4.78 is 26.7. The number of rotatable bonds is 2. The average Bonchev–Trinajstić information content (AvgIpc) is 3.16. The third kappa shape index (κ3) is 3.16. The zero-order valence-electron chi connectivity index (χ0n) is 16.0. The predicted octanol–water partition coefficient (Wildman–Crippen LogP) is 4.55. The van der Waals surface area contributed by atoms with E-state index in [9.17, 15) is 18.4 Å². The zero-order chi connectivity index (χ0) is 20.9. The van der Waals surface area contributed by atoms with E-state index in [-0.39, 0.29) is 37.4 Å². The monoisotopic (exact) mass is 407 g/mol. The molecule has 5 rings (SSSR count). The Hall–Kier alpha value is -3.48. The highest BCUT2D eigenvalue weighted by molar-refractivity contribution is 6.02. The molecule has 0 atom stereocenters. The minimum absolute atomic E-state index is 0.0655. The molecule has 1 aliphatic rings. The van der Waals surface area contributed by atoms with Crippen LogP contribution in [0.3, 0.4) is 0 Å². The summed E-state index contributed by atoms with van der Waals surface area (Å²) in [5, 5.41) is 2.42. The SMILES string of the molecule is O=C(c1ccc2c(-c3ccc4c(=O)[nH]ccc4c3)c[nH]c2c1)N1CCC(F)(F)CC1. The molecule has 0 spiro atoms. The van der Waals surface area contributed by atoms with Crippen molar-refractivity contribution >= 4 is 27.6 Å². The highest BCUT2D eigenvalue weighted by Crippen LogP contribution is 2.32. The van der Waals surface area contributed by atoms with E-state index in [0.29, 0.717) is 10.9 Å². The molecule has 0 saturated carbocycles. The Morgan fingerprint density at radius 2 is 1.73 bits per heavy atom. The molecule has 3 heterocycles. The number of hydrogen-bond donors (Lipinski definition) is 2. The van der Waals surface area contributed by atoms with Gasteiger partial charge >= 0.3 is 0 Å². The van der Waals surface area contributed by atoms with E-state index >= 15 is 0 Å². The number of piperidine rings is 1. The first-order chi connectivity index (χ1) is 14.4. The van der Waals surface area contributed by atoms with E-state index < -0.39 is 5.92 Å². The van der Waals surface area contributed by atoms with Gasteiger partial charge in [-0.15, -0.1) is 0 Å². The van der Waals surface area contributed by atoms with Crippen molar-refractivity contribution in [3.8, 4) is 11.1 Å². The Labute approximate surface area is 170 Å². The number of benzene rings is 2. The first-order valence-electron chi connectivity index (χ1n) is 9.81. The van der Waals surface area contributed by atoms with Gasteiger partial charge in [0.25, 0.3) is 17.4 Å². The number of carbonyl (C=O) groups is 1. The molecule has 7 heteroatoms. The summed E-state index contributed by atoms with van der Waals surface area (Å²) >= 11 is 0. The van der Waals surface area contributed by atoms with Gasteiger partial charge < -0.3 is 14.9 Å². The largest absolute Gasteiger partial charge is 0.361 e. The second kappa shape index (κ2) is 6.79. The number of nitrogens with zero attached hydrogens (tertiary/aromatic N) is 1. The smallest absolute Gasteiger partial charge is 0.255 e. The van der Waals surface area contributed by atoms with Crippen molar-refractivity contribution in [1.29, 1.82) is 0 Å². The number of amides is 1. The van der Waals surface area contributed by atoms with Crippen LogP contribution in [0.5, 0.6) is 0 Å². The molecule has 0 aliphatic carbocycles. The van der Waals surface area contributed by atoms with Crippen LogP contribution in [0.4, 0.5) is 8.78 Å². The number of aromatic nitrogens is 2. The van der Waals surface area contributed by atoms with Crippen molar-refractivity contribution in [3.63, 3.8) is 0 Å². The number of carbonyl (C=O) groups excluding carboxylic acids is 1. The van der Waals surface area contributed by atoms with Gasteiger partial charge in [0.1, 0.15) is 0 Å². The molecular weight excluding hydrogens is 388 g/mol. The maximum absolute atomic E-state index is 13.4. The van der Waals surface area contributed by atoms with Gasteiger partial charge in [-0.05, 0) is 41.3 Å². The molecule has 1 aliphatic heterocycles. The molecule has 5 nitrogen and oxygen atoms in total. The van der Waals surface area contributed by atoms with Crippen molar-refractivity contribution in [3.05, 3.63) is 70.8 Å². The maximum Gasteiger partial charge on any atom is 0.255 e. The van der Waals surface area contributed by atoms with Gasteiger partial charge in [-0.3, -0.25) is 9.59 Å². The minimum Gasteiger partial charge on any atom is -0.361 e. The van der Waals surface area contributed by atoms with Crippen molar-refractivity contribution in [2.75, 3.05) is 13.1 Å². The maximum atomic E-state index is 13.4. The van der Waals surface area contributed by atoms with Crippen LogP contribution in [-0.2, 0) is 0 Å². The number of hydrogen-bond acceptors (Lipinski definition) is 2. The molecule has 1 amide bonds. The first kappa shape index (κ1) is 18.5. The summed E-state index contributed by atoms with van der Waals surface area (Å²) in [5.74, 6) is -2.91. The van der Waals surface area contributed by atoms with Gasteiger partial charge in [-0.2, -0.15) is 0 Å². The van der Waals surface area contributed by atoms with E-state index in [1.807, 2.05) is 30.5 Å². The summed E-state index contributed by atoms with van der Waals surface area (Å²) in [6.07, 6.45) is 2.91. The van der Waals surface area contributed by atoms with Crippen LogP contribution in [0.15, 0.2) is 59.7 Å². The normalized spacial score (nSPS) is 16.3. The van der Waals surface area contributed by atoms with Crippen LogP contribution in [-0.4, -0.2) is 39.8 Å². The number of pyridine rings is 1. The minimum atomic E-state index is -2.68. The summed E-state index contributed by atoms with van der Waals surface area (Å²) in [4.78, 5) is 32.0. The van der Waals surface area contributed by atoms with E-state index in [1.165, 1.54) is 4.90 Å². The van der Waals surface area contributed by atoms with Crippen LogP contribution in [0.2, 0.25) is 0 Å². The van der Waals surface area contributed by atoms with Gasteiger partial charge in [-0.1, -0.05) is 12.1 Å². The van der Waals surface area contributed by atoms with E-state index in [4.69, 9.17) is 0 Å². The molecule has 1 fully saturated rings. The molecule has 2 aromatic heterocycles. The molecule has 30 heavy (non-hydrogen) atoms. The molecule has 4 aromatic rings. The fourth-order valence-corrected chi connectivity index (χ4v) is 4.08. The third-order valence-corrected chi connectivity index (χ3v) is 5.80.